The van der Waals surface area contributed by atoms with Gasteiger partial charge in [0, 0.05) is 5.69 Å². The number of hydrogen-bond acceptors (Lipinski definition) is 2. The number of hydrogen-bond donors (Lipinski definition) is 1. The molecule has 21 heavy (non-hydrogen) atoms. The van der Waals surface area contributed by atoms with Crippen LogP contribution in [0, 0.1) is 5.82 Å². The van der Waals surface area contributed by atoms with E-state index in [0.29, 0.717) is 12.2 Å². The summed E-state index contributed by atoms with van der Waals surface area (Å²) >= 11 is 0. The second-order valence-corrected chi connectivity index (χ2v) is 5.50. The van der Waals surface area contributed by atoms with Crippen molar-refractivity contribution in [3.63, 3.8) is 0 Å². The molecule has 1 heterocycles. The van der Waals surface area contributed by atoms with Gasteiger partial charge in [0.1, 0.15) is 11.6 Å². The molecular weight excluding hydrogens is 269 g/mol. The third kappa shape index (κ3) is 2.27. The van der Waals surface area contributed by atoms with Gasteiger partial charge in [0.15, 0.2) is 0 Å². The molecular formula is C17H16FNO2. The van der Waals surface area contributed by atoms with E-state index in [1.807, 2.05) is 31.2 Å². The van der Waals surface area contributed by atoms with Crippen LogP contribution in [0.5, 0.6) is 5.75 Å². The first-order chi connectivity index (χ1) is 10.0. The van der Waals surface area contributed by atoms with Gasteiger partial charge in [-0.1, -0.05) is 12.1 Å². The lowest BCUT2D eigenvalue weighted by Crippen LogP contribution is -2.33. The first kappa shape index (κ1) is 13.6. The second-order valence-electron chi connectivity index (χ2n) is 5.50. The summed E-state index contributed by atoms with van der Waals surface area (Å²) in [5.41, 5.74) is 1.75. The average molecular weight is 285 g/mol. The third-order valence-electron chi connectivity index (χ3n) is 4.02. The van der Waals surface area contributed by atoms with Gasteiger partial charge in [0.25, 0.3) is 0 Å². The molecule has 0 aliphatic carbocycles. The highest BCUT2D eigenvalue weighted by atomic mass is 19.1. The Labute approximate surface area is 122 Å². The van der Waals surface area contributed by atoms with Crippen molar-refractivity contribution in [3.05, 3.63) is 59.4 Å². The van der Waals surface area contributed by atoms with E-state index in [0.717, 1.165) is 16.8 Å². The van der Waals surface area contributed by atoms with E-state index in [9.17, 15) is 9.18 Å². The van der Waals surface area contributed by atoms with E-state index < -0.39 is 5.41 Å². The molecule has 1 unspecified atom stereocenters. The number of nitrogens with one attached hydrogen (secondary N) is 1. The van der Waals surface area contributed by atoms with Crippen LogP contribution in [-0.2, 0) is 16.6 Å². The zero-order chi connectivity index (χ0) is 15.0. The molecule has 0 bridgehead atoms. The summed E-state index contributed by atoms with van der Waals surface area (Å²) in [5.74, 6) is 0.339. The number of anilines is 1. The van der Waals surface area contributed by atoms with Crippen molar-refractivity contribution in [1.82, 2.24) is 0 Å². The minimum absolute atomic E-state index is 0.0741. The highest BCUT2D eigenvalue weighted by molar-refractivity contribution is 6.06. The average Bonchev–Trinajstić information content (AvgIpc) is 2.70. The van der Waals surface area contributed by atoms with Crippen molar-refractivity contribution in [2.24, 2.45) is 0 Å². The number of carbonyl (C=O) groups excluding carboxylic acids is 1. The molecule has 0 spiro atoms. The Balaban J connectivity index is 2.03. The maximum Gasteiger partial charge on any atom is 0.235 e. The first-order valence-corrected chi connectivity index (χ1v) is 6.77. The number of carbonyl (C=O) groups is 1. The van der Waals surface area contributed by atoms with E-state index in [1.165, 1.54) is 12.1 Å². The molecule has 0 saturated heterocycles. The van der Waals surface area contributed by atoms with Gasteiger partial charge in [0.05, 0.1) is 12.5 Å². The Bertz CT molecular complexity index is 714. The Kier molecular flexibility index (Phi) is 3.16. The van der Waals surface area contributed by atoms with E-state index >= 15 is 0 Å². The summed E-state index contributed by atoms with van der Waals surface area (Å²) in [6.07, 6.45) is 0.441. The molecule has 3 rings (SSSR count). The van der Waals surface area contributed by atoms with Gasteiger partial charge in [-0.3, -0.25) is 4.79 Å². The minimum atomic E-state index is -0.725. The van der Waals surface area contributed by atoms with Crippen LogP contribution in [0.4, 0.5) is 10.1 Å². The van der Waals surface area contributed by atoms with Crippen molar-refractivity contribution in [1.29, 1.82) is 0 Å². The number of fused-ring (bicyclic) bond motifs is 1. The lowest BCUT2D eigenvalue weighted by molar-refractivity contribution is -0.120. The van der Waals surface area contributed by atoms with E-state index in [2.05, 4.69) is 5.32 Å². The van der Waals surface area contributed by atoms with Gasteiger partial charge in [-0.2, -0.15) is 0 Å². The smallest absolute Gasteiger partial charge is 0.235 e. The molecule has 0 aromatic heterocycles. The van der Waals surface area contributed by atoms with Crippen molar-refractivity contribution in [2.45, 2.75) is 18.8 Å². The predicted molar refractivity (Wildman–Crippen MR) is 79.1 cm³/mol. The minimum Gasteiger partial charge on any atom is -0.497 e. The molecule has 1 atom stereocenters. The van der Waals surface area contributed by atoms with Gasteiger partial charge >= 0.3 is 0 Å². The monoisotopic (exact) mass is 285 g/mol. The highest BCUT2D eigenvalue weighted by Crippen LogP contribution is 2.41. The van der Waals surface area contributed by atoms with Crippen molar-refractivity contribution < 1.29 is 13.9 Å². The molecule has 4 heteroatoms. The van der Waals surface area contributed by atoms with Crippen LogP contribution in [0.25, 0.3) is 0 Å². The van der Waals surface area contributed by atoms with Crippen LogP contribution in [0.3, 0.4) is 0 Å². The van der Waals surface area contributed by atoms with Crippen LogP contribution < -0.4 is 10.1 Å². The molecule has 1 aliphatic heterocycles. The van der Waals surface area contributed by atoms with Crippen molar-refractivity contribution >= 4 is 11.6 Å². The van der Waals surface area contributed by atoms with Crippen LogP contribution in [0.2, 0.25) is 0 Å². The van der Waals surface area contributed by atoms with Crippen LogP contribution in [-0.4, -0.2) is 13.0 Å². The zero-order valence-electron chi connectivity index (χ0n) is 11.9. The molecule has 0 radical (unpaired) electrons. The van der Waals surface area contributed by atoms with E-state index in [1.54, 1.807) is 13.2 Å². The Hall–Kier alpha value is -2.36. The number of benzene rings is 2. The molecule has 1 N–H and O–H groups in total. The third-order valence-corrected chi connectivity index (χ3v) is 4.02. The van der Waals surface area contributed by atoms with Crippen molar-refractivity contribution in [2.75, 3.05) is 12.4 Å². The van der Waals surface area contributed by atoms with Gasteiger partial charge in [-0.05, 0) is 54.8 Å². The fourth-order valence-electron chi connectivity index (χ4n) is 2.83. The lowest BCUT2D eigenvalue weighted by Gasteiger charge is -2.22. The van der Waals surface area contributed by atoms with Gasteiger partial charge in [0.2, 0.25) is 5.91 Å². The van der Waals surface area contributed by atoms with Gasteiger partial charge in [-0.25, -0.2) is 4.39 Å². The van der Waals surface area contributed by atoms with E-state index in [4.69, 9.17) is 4.74 Å². The summed E-state index contributed by atoms with van der Waals surface area (Å²) in [7, 11) is 1.59. The van der Waals surface area contributed by atoms with Gasteiger partial charge in [-0.15, -0.1) is 0 Å². The largest absolute Gasteiger partial charge is 0.497 e. The molecule has 1 aliphatic rings. The van der Waals surface area contributed by atoms with Crippen LogP contribution in [0.1, 0.15) is 18.1 Å². The Morgan fingerprint density at radius 3 is 2.76 bits per heavy atom. The Morgan fingerprint density at radius 2 is 2.05 bits per heavy atom. The zero-order valence-corrected chi connectivity index (χ0v) is 11.9. The lowest BCUT2D eigenvalue weighted by atomic mass is 9.78. The van der Waals surface area contributed by atoms with Crippen LogP contribution >= 0.6 is 0 Å². The fraction of sp³-hybridized carbons (Fsp3) is 0.235. The summed E-state index contributed by atoms with van der Waals surface area (Å²) in [6, 6.07) is 11.9. The quantitative estimate of drug-likeness (QED) is 0.939. The van der Waals surface area contributed by atoms with E-state index in [-0.39, 0.29) is 11.7 Å². The SMILES string of the molecule is COc1ccc2c(c1)C(C)(Cc1cccc(F)c1)C(=O)N2. The number of rotatable bonds is 3. The topological polar surface area (TPSA) is 38.3 Å². The van der Waals surface area contributed by atoms with Crippen molar-refractivity contribution in [3.8, 4) is 5.75 Å². The fourth-order valence-corrected chi connectivity index (χ4v) is 2.83. The Morgan fingerprint density at radius 1 is 1.24 bits per heavy atom. The number of methoxy groups -OCH3 is 1. The molecule has 1 amide bonds. The maximum atomic E-state index is 13.4. The van der Waals surface area contributed by atoms with Crippen LogP contribution in [0.15, 0.2) is 42.5 Å². The molecule has 3 nitrogen and oxygen atoms in total. The first-order valence-electron chi connectivity index (χ1n) is 6.77. The summed E-state index contributed by atoms with van der Waals surface area (Å²) in [6.45, 7) is 1.87. The second kappa shape index (κ2) is 4.88. The molecule has 0 fully saturated rings. The molecule has 2 aromatic rings. The molecule has 108 valence electrons. The standard InChI is InChI=1S/C17H16FNO2/c1-17(10-11-4-3-5-12(18)8-11)14-9-13(21-2)6-7-15(14)19-16(17)20/h3-9H,10H2,1-2H3,(H,19,20). The summed E-state index contributed by atoms with van der Waals surface area (Å²) < 4.78 is 18.6. The normalized spacial score (nSPS) is 20.0. The number of ether oxygens (including phenoxy) is 1. The maximum absolute atomic E-state index is 13.4. The number of amides is 1. The molecule has 2 aromatic carbocycles. The van der Waals surface area contributed by atoms with Gasteiger partial charge < -0.3 is 10.1 Å². The molecule has 0 saturated carbocycles. The predicted octanol–water partition coefficient (Wildman–Crippen LogP) is 3.29. The summed E-state index contributed by atoms with van der Waals surface area (Å²) in [5, 5.41) is 2.89. The number of halogens is 1. The highest BCUT2D eigenvalue weighted by Gasteiger charge is 2.42. The summed E-state index contributed by atoms with van der Waals surface area (Å²) in [4.78, 5) is 12.4.